The number of halogens is 3. The van der Waals surface area contributed by atoms with E-state index in [-0.39, 0.29) is 11.1 Å². The molecule has 29 heavy (non-hydrogen) atoms. The molecule has 1 aliphatic rings. The van der Waals surface area contributed by atoms with Crippen LogP contribution in [0.4, 0.5) is 13.2 Å². The van der Waals surface area contributed by atoms with E-state index in [1.807, 2.05) is 12.1 Å². The van der Waals surface area contributed by atoms with Crippen molar-refractivity contribution in [2.24, 2.45) is 0 Å². The second-order valence-corrected chi connectivity index (χ2v) is 7.42. The first-order valence-electron chi connectivity index (χ1n) is 9.67. The number of benzene rings is 2. The second kappa shape index (κ2) is 7.91. The molecule has 2 heterocycles. The second-order valence-electron chi connectivity index (χ2n) is 7.42. The van der Waals surface area contributed by atoms with Crippen LogP contribution in [-0.4, -0.2) is 35.1 Å². The minimum absolute atomic E-state index is 0.00658. The summed E-state index contributed by atoms with van der Waals surface area (Å²) in [4.78, 5) is 17.7. The molecule has 4 nitrogen and oxygen atoms in total. The summed E-state index contributed by atoms with van der Waals surface area (Å²) in [6.07, 6.45) is -0.932. The Bertz CT molecular complexity index is 988. The molecule has 1 unspecified atom stereocenters. The molecule has 1 saturated heterocycles. The van der Waals surface area contributed by atoms with E-state index >= 15 is 0 Å². The van der Waals surface area contributed by atoms with Gasteiger partial charge in [0.2, 0.25) is 0 Å². The van der Waals surface area contributed by atoms with Crippen molar-refractivity contribution in [1.29, 1.82) is 0 Å². The summed E-state index contributed by atoms with van der Waals surface area (Å²) < 4.78 is 41.2. The van der Waals surface area contributed by atoms with Crippen LogP contribution in [-0.2, 0) is 6.54 Å². The molecule has 3 aromatic rings. The first-order chi connectivity index (χ1) is 13.9. The molecule has 1 fully saturated rings. The van der Waals surface area contributed by atoms with Gasteiger partial charge in [0.25, 0.3) is 5.91 Å². The largest absolute Gasteiger partial charge is 0.412 e. The number of amides is 1. The molecule has 7 heteroatoms. The summed E-state index contributed by atoms with van der Waals surface area (Å²) in [5.74, 6) is -0.745. The van der Waals surface area contributed by atoms with Crippen molar-refractivity contribution in [2.75, 3.05) is 13.1 Å². The smallest absolute Gasteiger partial charge is 0.361 e. The van der Waals surface area contributed by atoms with Crippen molar-refractivity contribution in [3.63, 3.8) is 0 Å². The lowest BCUT2D eigenvalue weighted by Gasteiger charge is -2.21. The zero-order valence-electron chi connectivity index (χ0n) is 15.8. The molecule has 152 valence electrons. The molecule has 0 spiro atoms. The number of H-pyrrole nitrogens is 1. The van der Waals surface area contributed by atoms with E-state index in [0.717, 1.165) is 25.2 Å². The van der Waals surface area contributed by atoms with Gasteiger partial charge in [0.1, 0.15) is 0 Å². The van der Waals surface area contributed by atoms with Crippen LogP contribution in [0.5, 0.6) is 0 Å². The third-order valence-corrected chi connectivity index (χ3v) is 5.36. The Morgan fingerprint density at radius 3 is 2.45 bits per heavy atom. The van der Waals surface area contributed by atoms with Gasteiger partial charge in [-0.1, -0.05) is 30.3 Å². The summed E-state index contributed by atoms with van der Waals surface area (Å²) in [6, 6.07) is 11.4. The highest BCUT2D eigenvalue weighted by Crippen LogP contribution is 2.36. The zero-order valence-corrected chi connectivity index (χ0v) is 15.8. The number of rotatable bonds is 5. The molecule has 0 aliphatic carbocycles. The third kappa shape index (κ3) is 4.29. The molecule has 1 atom stereocenters. The minimum Gasteiger partial charge on any atom is -0.361 e. The molecule has 2 N–H and O–H groups in total. The Kier molecular flexibility index (Phi) is 5.32. The van der Waals surface area contributed by atoms with Crippen LogP contribution in [0.1, 0.15) is 40.4 Å². The molecule has 0 radical (unpaired) electrons. The van der Waals surface area contributed by atoms with Gasteiger partial charge < -0.3 is 10.3 Å². The maximum absolute atomic E-state index is 13.7. The van der Waals surface area contributed by atoms with Gasteiger partial charge in [-0.15, -0.1) is 0 Å². The fraction of sp³-hybridized carbons (Fsp3) is 0.318. The highest BCUT2D eigenvalue weighted by molar-refractivity contribution is 5.95. The van der Waals surface area contributed by atoms with Crippen LogP contribution in [0, 0.1) is 0 Å². The highest BCUT2D eigenvalue weighted by Gasteiger charge is 2.43. The van der Waals surface area contributed by atoms with Crippen molar-refractivity contribution in [2.45, 2.75) is 31.6 Å². The number of nitrogens with one attached hydrogen (secondary N) is 2. The van der Waals surface area contributed by atoms with Crippen LogP contribution in [0.3, 0.4) is 0 Å². The van der Waals surface area contributed by atoms with Gasteiger partial charge in [0, 0.05) is 34.8 Å². The van der Waals surface area contributed by atoms with E-state index in [0.29, 0.717) is 10.9 Å². The maximum atomic E-state index is 13.7. The number of aromatic amines is 1. The van der Waals surface area contributed by atoms with E-state index in [1.54, 1.807) is 36.4 Å². The molecule has 0 bridgehead atoms. The fourth-order valence-corrected chi connectivity index (χ4v) is 3.84. The Morgan fingerprint density at radius 2 is 1.76 bits per heavy atom. The molecule has 4 rings (SSSR count). The summed E-state index contributed by atoms with van der Waals surface area (Å²) >= 11 is 0. The normalized spacial score (nSPS) is 16.2. The Labute approximate surface area is 166 Å². The minimum atomic E-state index is -4.61. The fourth-order valence-electron chi connectivity index (χ4n) is 3.84. The maximum Gasteiger partial charge on any atom is 0.412 e. The number of fused-ring (bicyclic) bond motifs is 1. The average molecular weight is 401 g/mol. The van der Waals surface area contributed by atoms with Gasteiger partial charge >= 0.3 is 6.18 Å². The van der Waals surface area contributed by atoms with Gasteiger partial charge in [-0.05, 0) is 49.7 Å². The topological polar surface area (TPSA) is 48.1 Å². The predicted octanol–water partition coefficient (Wildman–Crippen LogP) is 4.80. The molecular weight excluding hydrogens is 379 g/mol. The van der Waals surface area contributed by atoms with Crippen LogP contribution in [0.2, 0.25) is 0 Å². The molecule has 1 aliphatic heterocycles. The number of nitrogens with zero attached hydrogens (tertiary/aromatic N) is 1. The van der Waals surface area contributed by atoms with Gasteiger partial charge in [-0.25, -0.2) is 0 Å². The zero-order chi connectivity index (χ0) is 20.4. The third-order valence-electron chi connectivity index (χ3n) is 5.36. The number of carbonyl (C=O) groups is 1. The molecule has 0 saturated carbocycles. The number of aromatic nitrogens is 1. The number of hydrogen-bond acceptors (Lipinski definition) is 2. The SMILES string of the molecule is O=C(NC(c1c[nH]c2ccccc12)C(F)(F)F)c1ccc(CN2CCCC2)cc1. The lowest BCUT2D eigenvalue weighted by atomic mass is 10.0. The molecule has 2 aromatic carbocycles. The Morgan fingerprint density at radius 1 is 1.07 bits per heavy atom. The van der Waals surface area contributed by atoms with Crippen molar-refractivity contribution >= 4 is 16.8 Å². The van der Waals surface area contributed by atoms with Crippen LogP contribution in [0.25, 0.3) is 10.9 Å². The lowest BCUT2D eigenvalue weighted by molar-refractivity contribution is -0.154. The highest BCUT2D eigenvalue weighted by atomic mass is 19.4. The molecule has 1 amide bonds. The predicted molar refractivity (Wildman–Crippen MR) is 106 cm³/mol. The number of likely N-dealkylation sites (tertiary alicyclic amines) is 1. The summed E-state index contributed by atoms with van der Waals surface area (Å²) in [5, 5.41) is 2.61. The lowest BCUT2D eigenvalue weighted by Crippen LogP contribution is -2.38. The van der Waals surface area contributed by atoms with Gasteiger partial charge in [-0.2, -0.15) is 13.2 Å². The Hall–Kier alpha value is -2.80. The van der Waals surface area contributed by atoms with Gasteiger partial charge in [0.05, 0.1) is 0 Å². The van der Waals surface area contributed by atoms with E-state index in [1.165, 1.54) is 19.0 Å². The number of alkyl halides is 3. The van der Waals surface area contributed by atoms with Crippen molar-refractivity contribution < 1.29 is 18.0 Å². The van der Waals surface area contributed by atoms with E-state index in [9.17, 15) is 18.0 Å². The van der Waals surface area contributed by atoms with Gasteiger partial charge in [0.15, 0.2) is 6.04 Å². The van der Waals surface area contributed by atoms with Crippen LogP contribution < -0.4 is 5.32 Å². The van der Waals surface area contributed by atoms with E-state index in [2.05, 4.69) is 15.2 Å². The van der Waals surface area contributed by atoms with Crippen molar-refractivity contribution in [1.82, 2.24) is 15.2 Å². The van der Waals surface area contributed by atoms with E-state index in [4.69, 9.17) is 0 Å². The summed E-state index contributed by atoms with van der Waals surface area (Å²) in [7, 11) is 0. The van der Waals surface area contributed by atoms with Gasteiger partial charge in [-0.3, -0.25) is 9.69 Å². The van der Waals surface area contributed by atoms with Crippen LogP contribution in [0.15, 0.2) is 54.7 Å². The first-order valence-corrected chi connectivity index (χ1v) is 9.67. The number of carbonyl (C=O) groups excluding carboxylic acids is 1. The average Bonchev–Trinajstić information content (AvgIpc) is 3.35. The molecular formula is C22H22F3N3O. The number of hydrogen-bond donors (Lipinski definition) is 2. The number of para-hydroxylation sites is 1. The molecule has 1 aromatic heterocycles. The van der Waals surface area contributed by atoms with Crippen molar-refractivity contribution in [3.05, 3.63) is 71.4 Å². The summed E-state index contributed by atoms with van der Waals surface area (Å²) in [6.45, 7) is 2.91. The summed E-state index contributed by atoms with van der Waals surface area (Å²) in [5.41, 5.74) is 1.86. The van der Waals surface area contributed by atoms with E-state index < -0.39 is 18.1 Å². The Balaban J connectivity index is 1.52. The standard InChI is InChI=1S/C22H22F3N3O/c23-22(24,25)20(18-13-26-19-6-2-1-5-17(18)19)27-21(29)16-9-7-15(8-10-16)14-28-11-3-4-12-28/h1-2,5-10,13,20,26H,3-4,11-12,14H2,(H,27,29). The van der Waals surface area contributed by atoms with Crippen molar-refractivity contribution in [3.8, 4) is 0 Å². The van der Waals surface area contributed by atoms with Crippen LogP contribution >= 0.6 is 0 Å². The monoisotopic (exact) mass is 401 g/mol. The quantitative estimate of drug-likeness (QED) is 0.645. The first kappa shape index (κ1) is 19.5.